The molecule has 4 rings (SSSR count). The van der Waals surface area contributed by atoms with Crippen molar-refractivity contribution < 1.29 is 9.13 Å². The summed E-state index contributed by atoms with van der Waals surface area (Å²) in [6.45, 7) is 4.90. The Labute approximate surface area is 197 Å². The molecule has 1 aromatic heterocycles. The van der Waals surface area contributed by atoms with Crippen LogP contribution >= 0.6 is 15.9 Å². The van der Waals surface area contributed by atoms with Gasteiger partial charge in [0.05, 0.1) is 22.2 Å². The molecule has 4 nitrogen and oxygen atoms in total. The van der Waals surface area contributed by atoms with Crippen LogP contribution < -0.4 is 4.74 Å². The highest BCUT2D eigenvalue weighted by atomic mass is 79.9. The van der Waals surface area contributed by atoms with Crippen LogP contribution in [0, 0.1) is 12.7 Å². The molecule has 0 saturated heterocycles. The summed E-state index contributed by atoms with van der Waals surface area (Å²) in [5.74, 6) is 0.337. The van der Waals surface area contributed by atoms with Crippen LogP contribution in [0.1, 0.15) is 42.7 Å². The van der Waals surface area contributed by atoms with Gasteiger partial charge in [0.15, 0.2) is 0 Å². The van der Waals surface area contributed by atoms with Crippen molar-refractivity contribution in [2.75, 3.05) is 13.6 Å². The number of fused-ring (bicyclic) bond motifs is 1. The first-order chi connectivity index (χ1) is 15.4. The number of rotatable bonds is 6. The number of aryl methyl sites for hydroxylation is 2. The molecule has 0 fully saturated rings. The molecule has 32 heavy (non-hydrogen) atoms. The third-order valence-electron chi connectivity index (χ3n) is 5.82. The molecule has 1 aliphatic rings. The Hall–Kier alpha value is -2.73. The van der Waals surface area contributed by atoms with Gasteiger partial charge in [0.25, 0.3) is 0 Å². The van der Waals surface area contributed by atoms with E-state index in [1.54, 1.807) is 12.1 Å². The molecule has 0 N–H and O–H groups in total. The van der Waals surface area contributed by atoms with E-state index < -0.39 is 0 Å². The topological polar surface area (TPSA) is 37.7 Å². The van der Waals surface area contributed by atoms with Gasteiger partial charge in [-0.1, -0.05) is 24.3 Å². The predicted molar refractivity (Wildman–Crippen MR) is 131 cm³/mol. The summed E-state index contributed by atoms with van der Waals surface area (Å²) in [6, 6.07) is 15.0. The average molecular weight is 496 g/mol. The normalized spacial score (nSPS) is 15.6. The summed E-state index contributed by atoms with van der Waals surface area (Å²) in [5.41, 5.74) is 5.91. The molecule has 0 aliphatic heterocycles. The lowest BCUT2D eigenvalue weighted by molar-refractivity contribution is 0.174. The van der Waals surface area contributed by atoms with E-state index in [9.17, 15) is 4.39 Å². The lowest BCUT2D eigenvalue weighted by Crippen LogP contribution is -2.16. The Kier molecular flexibility index (Phi) is 6.89. The van der Waals surface area contributed by atoms with Crippen molar-refractivity contribution in [3.8, 4) is 17.0 Å². The number of halogens is 2. The molecule has 1 atom stereocenters. The second-order valence-corrected chi connectivity index (χ2v) is 8.97. The number of hydrogen-bond donors (Lipinski definition) is 0. The summed E-state index contributed by atoms with van der Waals surface area (Å²) in [4.78, 5) is 11.2. The molecule has 6 heteroatoms. The van der Waals surface area contributed by atoms with Gasteiger partial charge in [-0.3, -0.25) is 0 Å². The molecule has 166 valence electrons. The maximum absolute atomic E-state index is 13.7. The third kappa shape index (κ3) is 5.01. The third-order valence-corrected chi connectivity index (χ3v) is 6.39. The second-order valence-electron chi connectivity index (χ2n) is 8.12. The molecule has 1 unspecified atom stereocenters. The van der Waals surface area contributed by atoms with Crippen LogP contribution in [0.25, 0.3) is 11.1 Å². The summed E-state index contributed by atoms with van der Waals surface area (Å²) in [6.07, 6.45) is 4.69. The molecule has 0 radical (unpaired) electrons. The highest BCUT2D eigenvalue weighted by Crippen LogP contribution is 2.38. The lowest BCUT2D eigenvalue weighted by atomic mass is 9.87. The zero-order valence-corrected chi connectivity index (χ0v) is 20.2. The minimum atomic E-state index is -0.232. The molecule has 1 aliphatic carbocycles. The number of hydrogen-bond acceptors (Lipinski definition) is 3. The van der Waals surface area contributed by atoms with Crippen molar-refractivity contribution in [1.29, 1.82) is 0 Å². The number of ether oxygens (including phenoxy) is 1. The smallest absolute Gasteiger partial charge is 0.228 e. The maximum atomic E-state index is 13.7. The van der Waals surface area contributed by atoms with Crippen LogP contribution in [0.5, 0.6) is 5.88 Å². The second kappa shape index (κ2) is 9.82. The fraction of sp³-hybridized carbons (Fsp3) is 0.308. The predicted octanol–water partition coefficient (Wildman–Crippen LogP) is 7.03. The van der Waals surface area contributed by atoms with Gasteiger partial charge in [0.1, 0.15) is 11.9 Å². The van der Waals surface area contributed by atoms with Crippen molar-refractivity contribution in [2.45, 2.75) is 39.2 Å². The minimum Gasteiger partial charge on any atom is -0.469 e. The van der Waals surface area contributed by atoms with Gasteiger partial charge in [-0.05, 0) is 95.6 Å². The largest absolute Gasteiger partial charge is 0.469 e. The van der Waals surface area contributed by atoms with E-state index in [0.717, 1.165) is 58.4 Å². The van der Waals surface area contributed by atoms with E-state index >= 15 is 0 Å². The molecule has 0 saturated carbocycles. The summed E-state index contributed by atoms with van der Waals surface area (Å²) < 4.78 is 20.9. The first-order valence-electron chi connectivity index (χ1n) is 10.9. The van der Waals surface area contributed by atoms with E-state index in [2.05, 4.69) is 51.0 Å². The van der Waals surface area contributed by atoms with Gasteiger partial charge in [0.2, 0.25) is 5.88 Å². The summed E-state index contributed by atoms with van der Waals surface area (Å²) >= 11 is 3.61. The Morgan fingerprint density at radius 3 is 2.81 bits per heavy atom. The van der Waals surface area contributed by atoms with Crippen LogP contribution in [0.4, 0.5) is 10.1 Å². The molecule has 2 aromatic carbocycles. The zero-order chi connectivity index (χ0) is 22.7. The molecule has 0 spiro atoms. The van der Waals surface area contributed by atoms with Crippen LogP contribution in [0.2, 0.25) is 0 Å². The number of pyridine rings is 1. The fourth-order valence-corrected chi connectivity index (χ4v) is 4.26. The summed E-state index contributed by atoms with van der Waals surface area (Å²) in [7, 11) is 1.98. The monoisotopic (exact) mass is 495 g/mol. The maximum Gasteiger partial charge on any atom is 0.228 e. The van der Waals surface area contributed by atoms with Crippen LogP contribution in [0.3, 0.4) is 0 Å². The molecule has 3 aromatic rings. The Bertz CT molecular complexity index is 1150. The van der Waals surface area contributed by atoms with Crippen LogP contribution in [0.15, 0.2) is 58.0 Å². The van der Waals surface area contributed by atoms with Crippen molar-refractivity contribution in [2.24, 2.45) is 4.99 Å². The molecule has 1 heterocycles. The minimum absolute atomic E-state index is 0.101. The molecule has 0 bridgehead atoms. The standard InChI is InChI=1S/C26H27BrFN3O/c1-4-31(3)16-29-24-15-23(27)26(30-17(24)2)32-25-10-6-7-18-11-12-20(14-22(18)25)19-8-5-9-21(28)13-19/h5,8-9,11-16,25H,4,6-7,10H2,1-3H3/b29-16+. The van der Waals surface area contributed by atoms with Gasteiger partial charge in [0, 0.05) is 13.6 Å². The van der Waals surface area contributed by atoms with Gasteiger partial charge < -0.3 is 9.64 Å². The van der Waals surface area contributed by atoms with E-state index in [0.29, 0.717) is 5.88 Å². The first kappa shape index (κ1) is 22.5. The highest BCUT2D eigenvalue weighted by molar-refractivity contribution is 9.10. The Morgan fingerprint density at radius 1 is 1.22 bits per heavy atom. The van der Waals surface area contributed by atoms with E-state index in [-0.39, 0.29) is 11.9 Å². The SMILES string of the molecule is CCN(C)/C=N/c1cc(Br)c(OC2CCCc3ccc(-c4cccc(F)c4)cc32)nc1C. The van der Waals surface area contributed by atoms with E-state index in [1.165, 1.54) is 11.6 Å². The van der Waals surface area contributed by atoms with Crippen molar-refractivity contribution in [1.82, 2.24) is 9.88 Å². The van der Waals surface area contributed by atoms with Crippen molar-refractivity contribution in [3.05, 3.63) is 75.6 Å². The number of benzene rings is 2. The van der Waals surface area contributed by atoms with E-state index in [1.807, 2.05) is 37.3 Å². The quantitative estimate of drug-likeness (QED) is 0.272. The molecular weight excluding hydrogens is 469 g/mol. The average Bonchev–Trinajstić information content (AvgIpc) is 2.80. The Balaban J connectivity index is 1.62. The van der Waals surface area contributed by atoms with Gasteiger partial charge in [-0.15, -0.1) is 0 Å². The van der Waals surface area contributed by atoms with Gasteiger partial charge in [-0.25, -0.2) is 14.4 Å². The van der Waals surface area contributed by atoms with Crippen LogP contribution in [-0.4, -0.2) is 29.8 Å². The van der Waals surface area contributed by atoms with Crippen LogP contribution in [-0.2, 0) is 6.42 Å². The van der Waals surface area contributed by atoms with E-state index in [4.69, 9.17) is 4.74 Å². The summed E-state index contributed by atoms with van der Waals surface area (Å²) in [5, 5.41) is 0. The molecular formula is C26H27BrFN3O. The Morgan fingerprint density at radius 2 is 2.03 bits per heavy atom. The number of nitrogens with zero attached hydrogens (tertiary/aromatic N) is 3. The lowest BCUT2D eigenvalue weighted by Gasteiger charge is -2.27. The number of aliphatic imine (C=N–C) groups is 1. The van der Waals surface area contributed by atoms with Crippen molar-refractivity contribution in [3.63, 3.8) is 0 Å². The zero-order valence-electron chi connectivity index (χ0n) is 18.6. The van der Waals surface area contributed by atoms with Gasteiger partial charge in [-0.2, -0.15) is 0 Å². The van der Waals surface area contributed by atoms with Gasteiger partial charge >= 0.3 is 0 Å². The first-order valence-corrected chi connectivity index (χ1v) is 11.7. The van der Waals surface area contributed by atoms with Crippen molar-refractivity contribution >= 4 is 28.0 Å². The number of aromatic nitrogens is 1. The highest BCUT2D eigenvalue weighted by Gasteiger charge is 2.24. The molecule has 0 amide bonds. The fourth-order valence-electron chi connectivity index (χ4n) is 3.87.